The molecule has 0 aromatic heterocycles. The minimum absolute atomic E-state index is 0. The molecule has 3 aliphatic rings. The Balaban J connectivity index is 0.000000952. The van der Waals surface area contributed by atoms with E-state index in [0.717, 1.165) is 48.9 Å². The van der Waals surface area contributed by atoms with Crippen molar-refractivity contribution >= 4 is 0 Å². The molecule has 3 fully saturated rings. The Hall–Kier alpha value is -3.90. The third-order valence-electron chi connectivity index (χ3n) is 18.3. The number of hydrogen-bond donors (Lipinski definition) is 0. The second-order valence-electron chi connectivity index (χ2n) is 28.1. The molecule has 0 saturated heterocycles. The van der Waals surface area contributed by atoms with E-state index in [1.54, 1.807) is 6.42 Å². The fraction of sp³-hybridized carbons (Fsp3) is 0.639. The van der Waals surface area contributed by atoms with Crippen LogP contribution in [-0.2, 0) is 19.3 Å². The molecule has 5 aromatic rings. The third-order valence-corrected chi connectivity index (χ3v) is 18.3. The standard InChI is InChI=1S/C15H28.C15H16.C12H18.C12H24.C10H14.C9H12.C8H18.2CH4/c2*1-12-3-7-14(8-4-12)11-15-9-5-13(2)6-10-15;1-9(2)11-6-5-7-12(8-11)10(3)4;1-6-12(5)8-10(2)7-11(3,4)9-12;1-3-9-7-5-6-8-10(9)4-2;1-7-4-5-8(2)9(3)6-7;1-3-5-7-8-6-4-2;;/h12-15H,3-11H2,1-2H3;3-10H,11H2,1-2H3;5-10H,1-4H3;10H,6-9H2,1-5H3;5-8H,3-4H2,1-2H3;4-6H,1-3H3;3-8H2,1-2H3;2*1H4. The molecule has 2 unspecified atom stereocenters. The fourth-order valence-corrected chi connectivity index (χ4v) is 12.9. The van der Waals surface area contributed by atoms with Crippen LogP contribution in [-0.4, -0.2) is 0 Å². The zero-order valence-corrected chi connectivity index (χ0v) is 57.1. The number of aryl methyl sites for hydroxylation is 7. The van der Waals surface area contributed by atoms with Crippen molar-refractivity contribution in [1.82, 2.24) is 0 Å². The lowest BCUT2D eigenvalue weighted by Crippen LogP contribution is -2.34. The number of hydrogen-bond acceptors (Lipinski definition) is 0. The molecular weight excluding hydrogens is 997 g/mol. The van der Waals surface area contributed by atoms with Crippen LogP contribution in [0.1, 0.15) is 314 Å². The van der Waals surface area contributed by atoms with E-state index in [0.29, 0.717) is 22.7 Å². The molecule has 0 spiro atoms. The maximum absolute atomic E-state index is 2.46. The average Bonchev–Trinajstić information content (AvgIpc) is 3.46. The Morgan fingerprint density at radius 2 is 0.843 bits per heavy atom. The minimum Gasteiger partial charge on any atom is -0.0776 e. The topological polar surface area (TPSA) is 0 Å². The van der Waals surface area contributed by atoms with Gasteiger partial charge in [-0.2, -0.15) is 0 Å². The van der Waals surface area contributed by atoms with Crippen LogP contribution >= 0.6 is 0 Å². The van der Waals surface area contributed by atoms with Gasteiger partial charge in [-0.05, 0) is 176 Å². The summed E-state index contributed by atoms with van der Waals surface area (Å²) in [6, 6.07) is 41.5. The van der Waals surface area contributed by atoms with E-state index in [4.69, 9.17) is 0 Å². The SMILES string of the molecule is C.C.CC(C)c1cccc(C(C)C)c1.CC1CCC(CC2CCC(C)CC2)CC1.CCC1(C)CC(C)CC(C)(C)C1.CCCCCCCC.CCc1ccccc1CC.Cc1ccc(C)c(C)c1.Cc1ccc(Cc2ccc(C)cc2)cc1. The maximum atomic E-state index is 2.46. The Kier molecular flexibility index (Phi) is 41.6. The number of benzene rings is 5. The monoisotopic (exact) mass is 1140 g/mol. The predicted molar refractivity (Wildman–Crippen MR) is 380 cm³/mol. The molecule has 0 N–H and O–H groups in total. The summed E-state index contributed by atoms with van der Waals surface area (Å²) in [4.78, 5) is 0. The highest BCUT2D eigenvalue weighted by molar-refractivity contribution is 5.31. The largest absolute Gasteiger partial charge is 0.0776 e. The maximum Gasteiger partial charge on any atom is -0.00258 e. The third kappa shape index (κ3) is 34.7. The molecule has 0 aliphatic heterocycles. The van der Waals surface area contributed by atoms with Gasteiger partial charge in [-0.25, -0.2) is 0 Å². The lowest BCUT2D eigenvalue weighted by atomic mass is 9.60. The van der Waals surface area contributed by atoms with Crippen LogP contribution in [0, 0.1) is 75.0 Å². The Labute approximate surface area is 520 Å². The van der Waals surface area contributed by atoms with E-state index >= 15 is 0 Å². The second-order valence-corrected chi connectivity index (χ2v) is 28.1. The first-order valence-electron chi connectivity index (χ1n) is 33.8. The van der Waals surface area contributed by atoms with Gasteiger partial charge in [0.1, 0.15) is 0 Å². The van der Waals surface area contributed by atoms with E-state index in [9.17, 15) is 0 Å². The molecule has 470 valence electrons. The number of unbranched alkanes of at least 4 members (excludes halogenated alkanes) is 5. The highest BCUT2D eigenvalue weighted by atomic mass is 14.4. The van der Waals surface area contributed by atoms with Crippen molar-refractivity contribution in [1.29, 1.82) is 0 Å². The van der Waals surface area contributed by atoms with Crippen molar-refractivity contribution in [2.45, 2.75) is 306 Å². The van der Waals surface area contributed by atoms with Gasteiger partial charge in [0.25, 0.3) is 0 Å². The van der Waals surface area contributed by atoms with Crippen LogP contribution in [0.4, 0.5) is 0 Å². The van der Waals surface area contributed by atoms with Gasteiger partial charge in [-0.3, -0.25) is 0 Å². The van der Waals surface area contributed by atoms with Crippen LogP contribution < -0.4 is 0 Å². The van der Waals surface area contributed by atoms with Gasteiger partial charge in [0.2, 0.25) is 0 Å². The summed E-state index contributed by atoms with van der Waals surface area (Å²) in [7, 11) is 0. The van der Waals surface area contributed by atoms with Gasteiger partial charge in [0, 0.05) is 0 Å². The zero-order valence-electron chi connectivity index (χ0n) is 57.1. The molecule has 0 bridgehead atoms. The Morgan fingerprint density at radius 3 is 1.18 bits per heavy atom. The van der Waals surface area contributed by atoms with E-state index < -0.39 is 0 Å². The molecule has 3 aliphatic carbocycles. The lowest BCUT2D eigenvalue weighted by molar-refractivity contribution is 0.0581. The molecule has 0 amide bonds. The normalized spacial score (nSPS) is 20.3. The van der Waals surface area contributed by atoms with Gasteiger partial charge in [-0.1, -0.05) is 347 Å². The van der Waals surface area contributed by atoms with Crippen LogP contribution in [0.15, 0.2) is 115 Å². The van der Waals surface area contributed by atoms with E-state index in [1.165, 1.54) is 177 Å². The molecule has 83 heavy (non-hydrogen) atoms. The van der Waals surface area contributed by atoms with Crippen molar-refractivity contribution in [3.63, 3.8) is 0 Å². The van der Waals surface area contributed by atoms with Gasteiger partial charge < -0.3 is 0 Å². The quantitative estimate of drug-likeness (QED) is 0.0972. The molecule has 2 atom stereocenters. The van der Waals surface area contributed by atoms with Gasteiger partial charge in [0.05, 0.1) is 0 Å². The van der Waals surface area contributed by atoms with Crippen LogP contribution in [0.3, 0.4) is 0 Å². The Bertz CT molecular complexity index is 2210. The van der Waals surface area contributed by atoms with E-state index in [2.05, 4.69) is 254 Å². The first kappa shape index (κ1) is 79.1. The highest BCUT2D eigenvalue weighted by Gasteiger charge is 2.38. The predicted octanol–water partition coefficient (Wildman–Crippen LogP) is 27.2. The average molecular weight is 1140 g/mol. The van der Waals surface area contributed by atoms with Gasteiger partial charge >= 0.3 is 0 Å². The summed E-state index contributed by atoms with van der Waals surface area (Å²) >= 11 is 0. The molecule has 0 heteroatoms. The van der Waals surface area contributed by atoms with E-state index in [1.807, 2.05) is 0 Å². The van der Waals surface area contributed by atoms with Crippen LogP contribution in [0.25, 0.3) is 0 Å². The van der Waals surface area contributed by atoms with Crippen molar-refractivity contribution in [3.8, 4) is 0 Å². The van der Waals surface area contributed by atoms with Crippen LogP contribution in [0.2, 0.25) is 0 Å². The highest BCUT2D eigenvalue weighted by Crippen LogP contribution is 2.50. The zero-order chi connectivity index (χ0) is 60.4. The van der Waals surface area contributed by atoms with Crippen molar-refractivity contribution in [2.24, 2.45) is 40.4 Å². The molecule has 0 radical (unpaired) electrons. The first-order valence-corrected chi connectivity index (χ1v) is 33.8. The van der Waals surface area contributed by atoms with Crippen molar-refractivity contribution in [3.05, 3.63) is 176 Å². The fourth-order valence-electron chi connectivity index (χ4n) is 12.9. The second kappa shape index (κ2) is 43.7. The lowest BCUT2D eigenvalue weighted by Gasteiger charge is -2.45. The molecule has 8 rings (SSSR count). The van der Waals surface area contributed by atoms with Gasteiger partial charge in [-0.15, -0.1) is 0 Å². The minimum atomic E-state index is 0. The molecule has 0 nitrogen and oxygen atoms in total. The summed E-state index contributed by atoms with van der Waals surface area (Å²) in [5.74, 6) is 6.45. The van der Waals surface area contributed by atoms with Crippen molar-refractivity contribution in [2.75, 3.05) is 0 Å². The van der Waals surface area contributed by atoms with Crippen LogP contribution in [0.5, 0.6) is 0 Å². The summed E-state index contributed by atoms with van der Waals surface area (Å²) < 4.78 is 0. The van der Waals surface area contributed by atoms with Gasteiger partial charge in [0.15, 0.2) is 0 Å². The molecule has 5 aromatic carbocycles. The van der Waals surface area contributed by atoms with E-state index in [-0.39, 0.29) is 14.9 Å². The molecular formula is C83H138. The first-order chi connectivity index (χ1) is 38.4. The summed E-state index contributed by atoms with van der Waals surface area (Å²) in [6.45, 7) is 45.4. The smallest absolute Gasteiger partial charge is 0.00258 e. The Morgan fingerprint density at radius 1 is 0.434 bits per heavy atom. The summed E-state index contributed by atoms with van der Waals surface area (Å²) in [5, 5.41) is 0. The molecule has 0 heterocycles. The van der Waals surface area contributed by atoms with Crippen molar-refractivity contribution < 1.29 is 0 Å². The molecule has 3 saturated carbocycles. The number of rotatable bonds is 14. The summed E-state index contributed by atoms with van der Waals surface area (Å²) in [6.07, 6.45) is 31.2. The summed E-state index contributed by atoms with van der Waals surface area (Å²) in [5.41, 5.74) is 16.6.